The molecule has 1 saturated heterocycles. The summed E-state index contributed by atoms with van der Waals surface area (Å²) in [6, 6.07) is 14.7. The van der Waals surface area contributed by atoms with Gasteiger partial charge in [-0.3, -0.25) is 14.6 Å². The molecular weight excluding hydrogens is 353 g/mol. The van der Waals surface area contributed by atoms with Gasteiger partial charge in [-0.05, 0) is 43.3 Å². The average molecular weight is 376 g/mol. The summed E-state index contributed by atoms with van der Waals surface area (Å²) in [6.07, 6.45) is 1.01. The molecule has 1 heterocycles. The molecule has 0 aliphatic carbocycles. The molecule has 2 aromatic carbocycles. The van der Waals surface area contributed by atoms with Gasteiger partial charge in [0, 0.05) is 24.7 Å². The first kappa shape index (κ1) is 18.8. The first-order valence-corrected chi connectivity index (χ1v) is 9.21. The maximum Gasteiger partial charge on any atom is 0.238 e. The summed E-state index contributed by atoms with van der Waals surface area (Å²) in [4.78, 5) is 16.8. The Labute approximate surface area is 158 Å². The molecule has 6 heteroatoms. The van der Waals surface area contributed by atoms with Crippen molar-refractivity contribution in [1.29, 1.82) is 0 Å². The molecule has 26 heavy (non-hydrogen) atoms. The summed E-state index contributed by atoms with van der Waals surface area (Å²) in [6.45, 7) is 4.81. The van der Waals surface area contributed by atoms with Crippen molar-refractivity contribution < 1.29 is 9.18 Å². The average Bonchev–Trinajstić information content (AvgIpc) is 2.84. The minimum atomic E-state index is -0.518. The smallest absolute Gasteiger partial charge is 0.238 e. The van der Waals surface area contributed by atoms with Crippen LogP contribution in [-0.4, -0.2) is 48.4 Å². The minimum absolute atomic E-state index is 0.167. The lowest BCUT2D eigenvalue weighted by Gasteiger charge is -2.21. The molecule has 138 valence electrons. The van der Waals surface area contributed by atoms with E-state index in [-0.39, 0.29) is 18.1 Å². The number of hydrogen-bond acceptors (Lipinski definition) is 3. The standard InChI is InChI=1S/C20H23ClFN3O/c21-17-7-8-19(18(22)13-17)23-20(26)15-25-10-4-9-24(11-12-25)14-16-5-2-1-3-6-16/h1-3,5-8,13H,4,9-12,14-15H2,(H,23,26). The van der Waals surface area contributed by atoms with E-state index in [2.05, 4.69) is 39.4 Å². The number of amides is 1. The first-order chi connectivity index (χ1) is 12.6. The van der Waals surface area contributed by atoms with Gasteiger partial charge in [0.1, 0.15) is 5.82 Å². The van der Waals surface area contributed by atoms with Crippen LogP contribution >= 0.6 is 11.6 Å². The molecule has 0 unspecified atom stereocenters. The Kier molecular flexibility index (Phi) is 6.61. The molecule has 0 bridgehead atoms. The normalized spacial score (nSPS) is 16.2. The molecular formula is C20H23ClFN3O. The topological polar surface area (TPSA) is 35.6 Å². The van der Waals surface area contributed by atoms with Crippen LogP contribution in [0.5, 0.6) is 0 Å². The van der Waals surface area contributed by atoms with Crippen LogP contribution in [0.25, 0.3) is 0 Å². The predicted octanol–water partition coefficient (Wildman–Crippen LogP) is 3.63. The van der Waals surface area contributed by atoms with E-state index < -0.39 is 5.82 Å². The second kappa shape index (κ2) is 9.12. The van der Waals surface area contributed by atoms with Crippen molar-refractivity contribution in [1.82, 2.24) is 9.80 Å². The highest BCUT2D eigenvalue weighted by Gasteiger charge is 2.18. The second-order valence-corrected chi connectivity index (χ2v) is 7.00. The minimum Gasteiger partial charge on any atom is -0.322 e. The fraction of sp³-hybridized carbons (Fsp3) is 0.350. The third-order valence-electron chi connectivity index (χ3n) is 4.50. The van der Waals surface area contributed by atoms with Crippen LogP contribution in [0.2, 0.25) is 5.02 Å². The highest BCUT2D eigenvalue weighted by Crippen LogP contribution is 2.19. The molecule has 0 spiro atoms. The maximum absolute atomic E-state index is 13.8. The molecule has 0 saturated carbocycles. The van der Waals surface area contributed by atoms with Gasteiger partial charge >= 0.3 is 0 Å². The SMILES string of the molecule is O=C(CN1CCCN(Cc2ccccc2)CC1)Nc1ccc(Cl)cc1F. The fourth-order valence-corrected chi connectivity index (χ4v) is 3.32. The molecule has 4 nitrogen and oxygen atoms in total. The molecule has 1 amide bonds. The van der Waals surface area contributed by atoms with Gasteiger partial charge in [0.2, 0.25) is 5.91 Å². The first-order valence-electron chi connectivity index (χ1n) is 8.84. The van der Waals surface area contributed by atoms with Crippen molar-refractivity contribution in [2.24, 2.45) is 0 Å². The van der Waals surface area contributed by atoms with E-state index in [1.807, 2.05) is 6.07 Å². The Balaban J connectivity index is 1.49. The fourth-order valence-electron chi connectivity index (χ4n) is 3.17. The predicted molar refractivity (Wildman–Crippen MR) is 103 cm³/mol. The lowest BCUT2D eigenvalue weighted by molar-refractivity contribution is -0.117. The Morgan fingerprint density at radius 2 is 1.77 bits per heavy atom. The maximum atomic E-state index is 13.8. The van der Waals surface area contributed by atoms with Gasteiger partial charge in [0.25, 0.3) is 0 Å². The van der Waals surface area contributed by atoms with Crippen LogP contribution in [0.3, 0.4) is 0 Å². The molecule has 0 aromatic heterocycles. The highest BCUT2D eigenvalue weighted by molar-refractivity contribution is 6.30. The lowest BCUT2D eigenvalue weighted by Crippen LogP contribution is -2.36. The van der Waals surface area contributed by atoms with Crippen LogP contribution < -0.4 is 5.32 Å². The zero-order chi connectivity index (χ0) is 18.4. The summed E-state index contributed by atoms with van der Waals surface area (Å²) < 4.78 is 13.8. The Morgan fingerprint density at radius 3 is 2.54 bits per heavy atom. The van der Waals surface area contributed by atoms with Crippen molar-refractivity contribution in [3.8, 4) is 0 Å². The lowest BCUT2D eigenvalue weighted by atomic mass is 10.2. The molecule has 3 rings (SSSR count). The number of hydrogen-bond donors (Lipinski definition) is 1. The van der Waals surface area contributed by atoms with E-state index in [0.717, 1.165) is 39.1 Å². The van der Waals surface area contributed by atoms with Crippen molar-refractivity contribution in [2.75, 3.05) is 38.0 Å². The van der Waals surface area contributed by atoms with Gasteiger partial charge in [-0.2, -0.15) is 0 Å². The van der Waals surface area contributed by atoms with Crippen molar-refractivity contribution in [3.63, 3.8) is 0 Å². The van der Waals surface area contributed by atoms with E-state index >= 15 is 0 Å². The molecule has 2 aromatic rings. The van der Waals surface area contributed by atoms with Gasteiger partial charge in [-0.25, -0.2) is 4.39 Å². The zero-order valence-electron chi connectivity index (χ0n) is 14.6. The largest absolute Gasteiger partial charge is 0.322 e. The number of carbonyl (C=O) groups is 1. The van der Waals surface area contributed by atoms with Gasteiger partial charge in [-0.15, -0.1) is 0 Å². The third-order valence-corrected chi connectivity index (χ3v) is 4.74. The van der Waals surface area contributed by atoms with Crippen LogP contribution in [-0.2, 0) is 11.3 Å². The number of benzene rings is 2. The van der Waals surface area contributed by atoms with Crippen LogP contribution in [0.4, 0.5) is 10.1 Å². The highest BCUT2D eigenvalue weighted by atomic mass is 35.5. The van der Waals surface area contributed by atoms with Crippen LogP contribution in [0.15, 0.2) is 48.5 Å². The molecule has 1 aliphatic heterocycles. The van der Waals surface area contributed by atoms with E-state index in [1.165, 1.54) is 17.7 Å². The Hall–Kier alpha value is -1.95. The van der Waals surface area contributed by atoms with E-state index in [0.29, 0.717) is 5.02 Å². The number of halogens is 2. The van der Waals surface area contributed by atoms with Gasteiger partial charge in [-0.1, -0.05) is 41.9 Å². The van der Waals surface area contributed by atoms with Gasteiger partial charge < -0.3 is 5.32 Å². The number of carbonyl (C=O) groups excluding carboxylic acids is 1. The summed E-state index contributed by atoms with van der Waals surface area (Å²) in [7, 11) is 0. The van der Waals surface area contributed by atoms with E-state index in [1.54, 1.807) is 6.07 Å². The molecule has 0 atom stereocenters. The summed E-state index contributed by atoms with van der Waals surface area (Å²) in [5, 5.41) is 2.94. The number of nitrogens with zero attached hydrogens (tertiary/aromatic N) is 2. The van der Waals surface area contributed by atoms with Crippen molar-refractivity contribution in [2.45, 2.75) is 13.0 Å². The Morgan fingerprint density at radius 1 is 1.04 bits per heavy atom. The van der Waals surface area contributed by atoms with Crippen molar-refractivity contribution >= 4 is 23.2 Å². The molecule has 1 N–H and O–H groups in total. The van der Waals surface area contributed by atoms with E-state index in [4.69, 9.17) is 11.6 Å². The number of anilines is 1. The number of rotatable bonds is 5. The molecule has 0 radical (unpaired) electrons. The van der Waals surface area contributed by atoms with Gasteiger partial charge in [0.15, 0.2) is 0 Å². The molecule has 1 fully saturated rings. The zero-order valence-corrected chi connectivity index (χ0v) is 15.4. The van der Waals surface area contributed by atoms with Gasteiger partial charge in [0.05, 0.1) is 12.2 Å². The second-order valence-electron chi connectivity index (χ2n) is 6.56. The number of nitrogens with one attached hydrogen (secondary N) is 1. The van der Waals surface area contributed by atoms with E-state index in [9.17, 15) is 9.18 Å². The van der Waals surface area contributed by atoms with Crippen LogP contribution in [0.1, 0.15) is 12.0 Å². The summed E-state index contributed by atoms with van der Waals surface area (Å²) in [5.41, 5.74) is 1.47. The quantitative estimate of drug-likeness (QED) is 0.866. The monoisotopic (exact) mass is 375 g/mol. The third kappa shape index (κ3) is 5.53. The summed E-state index contributed by atoms with van der Waals surface area (Å²) in [5.74, 6) is -0.724. The van der Waals surface area contributed by atoms with Crippen molar-refractivity contribution in [3.05, 3.63) is 64.9 Å². The van der Waals surface area contributed by atoms with Crippen LogP contribution in [0, 0.1) is 5.82 Å². The summed E-state index contributed by atoms with van der Waals surface area (Å²) >= 11 is 5.73. The molecule has 1 aliphatic rings. The Bertz CT molecular complexity index is 741.